The fraction of sp³-hybridized carbons (Fsp3) is 0.261. The van der Waals surface area contributed by atoms with Crippen LogP contribution in [0.15, 0.2) is 59.8 Å². The molecule has 5 rings (SSSR count). The minimum absolute atomic E-state index is 0.144. The molecular weight excluding hydrogens is 400 g/mol. The van der Waals surface area contributed by atoms with Crippen molar-refractivity contribution in [2.75, 3.05) is 11.9 Å². The number of ketones is 1. The lowest BCUT2D eigenvalue weighted by molar-refractivity contribution is -0.116. The molecule has 3 aromatic rings. The molecule has 0 spiro atoms. The highest BCUT2D eigenvalue weighted by Crippen LogP contribution is 2.43. The van der Waals surface area contributed by atoms with E-state index in [0.717, 1.165) is 41.0 Å². The SMILES string of the molecule is CCOc1ccccc1[C@@H]1C2=C(CCCC2=O)Nc2nc(-c3cccc(Cl)c3)nn21. The van der Waals surface area contributed by atoms with Crippen LogP contribution in [0.3, 0.4) is 0 Å². The topological polar surface area (TPSA) is 69.0 Å². The summed E-state index contributed by atoms with van der Waals surface area (Å²) in [5.41, 5.74) is 3.42. The predicted molar refractivity (Wildman–Crippen MR) is 116 cm³/mol. The van der Waals surface area contributed by atoms with E-state index in [-0.39, 0.29) is 11.8 Å². The normalized spacial score (nSPS) is 17.9. The van der Waals surface area contributed by atoms with Gasteiger partial charge in [0, 0.05) is 33.8 Å². The Hall–Kier alpha value is -3.12. The van der Waals surface area contributed by atoms with Gasteiger partial charge in [0.1, 0.15) is 11.8 Å². The first-order valence-electron chi connectivity index (χ1n) is 10.1. The Balaban J connectivity index is 1.70. The van der Waals surface area contributed by atoms with Crippen LogP contribution in [0.2, 0.25) is 5.02 Å². The standard InChI is InChI=1S/C23H21ClN4O2/c1-2-30-19-12-4-3-9-16(19)21-20-17(10-6-11-18(20)29)25-23-26-22(27-28(21)23)14-7-5-8-15(24)13-14/h3-5,7-9,12-13,21H,2,6,10-11H2,1H3,(H,25,26,27)/t21-/m1/s1. The molecule has 0 bridgehead atoms. The molecule has 1 aliphatic heterocycles. The van der Waals surface area contributed by atoms with Gasteiger partial charge in [0.25, 0.3) is 0 Å². The van der Waals surface area contributed by atoms with Gasteiger partial charge in [-0.1, -0.05) is 41.9 Å². The molecule has 2 aromatic carbocycles. The van der Waals surface area contributed by atoms with E-state index >= 15 is 0 Å². The monoisotopic (exact) mass is 420 g/mol. The van der Waals surface area contributed by atoms with Crippen LogP contribution in [0.4, 0.5) is 5.95 Å². The molecule has 6 nitrogen and oxygen atoms in total. The molecule has 1 aromatic heterocycles. The van der Waals surface area contributed by atoms with Crippen LogP contribution in [0.1, 0.15) is 37.8 Å². The number of allylic oxidation sites excluding steroid dienone is 2. The smallest absolute Gasteiger partial charge is 0.226 e. The molecule has 1 atom stereocenters. The van der Waals surface area contributed by atoms with Crippen LogP contribution in [-0.4, -0.2) is 27.2 Å². The number of rotatable bonds is 4. The van der Waals surface area contributed by atoms with Crippen molar-refractivity contribution in [3.05, 3.63) is 70.4 Å². The zero-order valence-electron chi connectivity index (χ0n) is 16.6. The number of fused-ring (bicyclic) bond motifs is 1. The first kappa shape index (κ1) is 18.9. The number of Topliss-reactive ketones (excluding diaryl/α,β-unsaturated/α-hetero) is 1. The molecule has 0 radical (unpaired) electrons. The van der Waals surface area contributed by atoms with E-state index in [1.54, 1.807) is 4.68 Å². The maximum atomic E-state index is 13.0. The highest BCUT2D eigenvalue weighted by atomic mass is 35.5. The molecule has 2 aliphatic rings. The number of nitrogens with zero attached hydrogens (tertiary/aromatic N) is 3. The summed E-state index contributed by atoms with van der Waals surface area (Å²) in [5, 5.41) is 8.77. The van der Waals surface area contributed by atoms with Gasteiger partial charge < -0.3 is 10.1 Å². The molecular formula is C23H21ClN4O2. The maximum Gasteiger partial charge on any atom is 0.226 e. The quantitative estimate of drug-likeness (QED) is 0.641. The van der Waals surface area contributed by atoms with Gasteiger partial charge in [-0.25, -0.2) is 4.68 Å². The Bertz CT molecular complexity index is 1170. The van der Waals surface area contributed by atoms with Crippen LogP contribution in [0.5, 0.6) is 5.75 Å². The molecule has 1 N–H and O–H groups in total. The van der Waals surface area contributed by atoms with E-state index < -0.39 is 0 Å². The maximum absolute atomic E-state index is 13.0. The molecule has 0 amide bonds. The number of benzene rings is 2. The number of aromatic nitrogens is 3. The van der Waals surface area contributed by atoms with Gasteiger partial charge in [0.05, 0.1) is 6.61 Å². The van der Waals surface area contributed by atoms with E-state index in [4.69, 9.17) is 26.4 Å². The third-order valence-electron chi connectivity index (χ3n) is 5.46. The van der Waals surface area contributed by atoms with E-state index in [9.17, 15) is 4.79 Å². The summed E-state index contributed by atoms with van der Waals surface area (Å²) in [6, 6.07) is 14.9. The van der Waals surface area contributed by atoms with Crippen molar-refractivity contribution >= 4 is 23.3 Å². The van der Waals surface area contributed by atoms with Gasteiger partial charge in [0.2, 0.25) is 5.95 Å². The van der Waals surface area contributed by atoms with Gasteiger partial charge in [-0.3, -0.25) is 4.79 Å². The summed E-state index contributed by atoms with van der Waals surface area (Å²) in [6.45, 7) is 2.49. The van der Waals surface area contributed by atoms with Gasteiger partial charge in [-0.05, 0) is 38.0 Å². The summed E-state index contributed by atoms with van der Waals surface area (Å²) in [4.78, 5) is 17.7. The second-order valence-corrected chi connectivity index (χ2v) is 7.82. The Morgan fingerprint density at radius 2 is 2.07 bits per heavy atom. The Labute approximate surface area is 179 Å². The number of hydrogen-bond donors (Lipinski definition) is 1. The van der Waals surface area contributed by atoms with Crippen molar-refractivity contribution in [1.29, 1.82) is 0 Å². The lowest BCUT2D eigenvalue weighted by Gasteiger charge is -2.32. The Kier molecular flexibility index (Phi) is 4.79. The average molecular weight is 421 g/mol. The molecule has 152 valence electrons. The minimum atomic E-state index is -0.382. The fourth-order valence-corrected chi connectivity index (χ4v) is 4.38. The van der Waals surface area contributed by atoms with Crippen LogP contribution in [0.25, 0.3) is 11.4 Å². The van der Waals surface area contributed by atoms with E-state index in [0.29, 0.717) is 29.8 Å². The fourth-order valence-electron chi connectivity index (χ4n) is 4.19. The van der Waals surface area contributed by atoms with Gasteiger partial charge in [0.15, 0.2) is 11.6 Å². The number of hydrogen-bond acceptors (Lipinski definition) is 5. The van der Waals surface area contributed by atoms with Crippen molar-refractivity contribution in [1.82, 2.24) is 14.8 Å². The van der Waals surface area contributed by atoms with Crippen LogP contribution < -0.4 is 10.1 Å². The van der Waals surface area contributed by atoms with Gasteiger partial charge in [-0.2, -0.15) is 4.98 Å². The van der Waals surface area contributed by atoms with Crippen LogP contribution in [-0.2, 0) is 4.79 Å². The average Bonchev–Trinajstić information content (AvgIpc) is 3.17. The van der Waals surface area contributed by atoms with Crippen LogP contribution in [0, 0.1) is 0 Å². The Morgan fingerprint density at radius 3 is 2.90 bits per heavy atom. The Morgan fingerprint density at radius 1 is 1.20 bits per heavy atom. The second-order valence-electron chi connectivity index (χ2n) is 7.38. The number of carbonyl (C=O) groups excluding carboxylic acids is 1. The number of halogens is 1. The number of nitrogens with one attached hydrogen (secondary N) is 1. The van der Waals surface area contributed by atoms with Gasteiger partial charge in [-0.15, -0.1) is 5.10 Å². The van der Waals surface area contributed by atoms with Crippen molar-refractivity contribution in [3.63, 3.8) is 0 Å². The lowest BCUT2D eigenvalue weighted by atomic mass is 9.85. The summed E-state index contributed by atoms with van der Waals surface area (Å²) < 4.78 is 7.70. The number of para-hydroxylation sites is 1. The molecule has 0 fully saturated rings. The number of ether oxygens (including phenoxy) is 1. The minimum Gasteiger partial charge on any atom is -0.494 e. The summed E-state index contributed by atoms with van der Waals surface area (Å²) in [5.74, 6) is 2.08. The van der Waals surface area contributed by atoms with Crippen LogP contribution >= 0.6 is 11.6 Å². The lowest BCUT2D eigenvalue weighted by Crippen LogP contribution is -2.31. The third-order valence-corrected chi connectivity index (χ3v) is 5.70. The van der Waals surface area contributed by atoms with Gasteiger partial charge >= 0.3 is 0 Å². The third kappa shape index (κ3) is 3.17. The molecule has 0 saturated carbocycles. The first-order chi connectivity index (χ1) is 14.7. The van der Waals surface area contributed by atoms with Crippen molar-refractivity contribution in [2.24, 2.45) is 0 Å². The predicted octanol–water partition coefficient (Wildman–Crippen LogP) is 5.02. The van der Waals surface area contributed by atoms with E-state index in [2.05, 4.69) is 5.32 Å². The molecule has 0 unspecified atom stereocenters. The van der Waals surface area contributed by atoms with Crippen molar-refractivity contribution < 1.29 is 9.53 Å². The van der Waals surface area contributed by atoms with E-state index in [1.807, 2.05) is 55.5 Å². The largest absolute Gasteiger partial charge is 0.494 e. The summed E-state index contributed by atoms with van der Waals surface area (Å²) in [6.07, 6.45) is 2.19. The highest BCUT2D eigenvalue weighted by Gasteiger charge is 2.38. The zero-order chi connectivity index (χ0) is 20.7. The molecule has 0 saturated heterocycles. The van der Waals surface area contributed by atoms with Crippen molar-refractivity contribution in [2.45, 2.75) is 32.2 Å². The first-order valence-corrected chi connectivity index (χ1v) is 10.5. The second kappa shape index (κ2) is 7.61. The summed E-state index contributed by atoms with van der Waals surface area (Å²) in [7, 11) is 0. The number of carbonyl (C=O) groups is 1. The zero-order valence-corrected chi connectivity index (χ0v) is 17.3. The molecule has 1 aliphatic carbocycles. The highest BCUT2D eigenvalue weighted by molar-refractivity contribution is 6.30. The summed E-state index contributed by atoms with van der Waals surface area (Å²) >= 11 is 6.17. The molecule has 30 heavy (non-hydrogen) atoms. The molecule has 7 heteroatoms. The number of anilines is 1. The molecule has 2 heterocycles. The van der Waals surface area contributed by atoms with Crippen molar-refractivity contribution in [3.8, 4) is 17.1 Å². The van der Waals surface area contributed by atoms with E-state index in [1.165, 1.54) is 0 Å².